The van der Waals surface area contributed by atoms with Crippen LogP contribution in [-0.4, -0.2) is 35.6 Å². The molecule has 13 heavy (non-hydrogen) atoms. The fourth-order valence-electron chi connectivity index (χ4n) is 1.66. The van der Waals surface area contributed by atoms with E-state index in [2.05, 4.69) is 0 Å². The molecule has 1 aliphatic heterocycles. The lowest BCUT2D eigenvalue weighted by Crippen LogP contribution is -2.26. The van der Waals surface area contributed by atoms with Crippen LogP contribution in [0.1, 0.15) is 32.6 Å². The van der Waals surface area contributed by atoms with Crippen molar-refractivity contribution in [2.45, 2.75) is 32.6 Å². The molecule has 0 aromatic carbocycles. The number of rotatable bonds is 5. The third kappa shape index (κ3) is 3.35. The highest BCUT2D eigenvalue weighted by molar-refractivity contribution is 5.77. The van der Waals surface area contributed by atoms with Crippen LogP contribution in [0.2, 0.25) is 0 Å². The third-order valence-corrected chi connectivity index (χ3v) is 2.61. The van der Waals surface area contributed by atoms with Crippen LogP contribution in [0.5, 0.6) is 0 Å². The average molecular weight is 185 g/mol. The van der Waals surface area contributed by atoms with E-state index in [1.807, 2.05) is 11.8 Å². The van der Waals surface area contributed by atoms with Crippen LogP contribution in [0.15, 0.2) is 0 Å². The van der Waals surface area contributed by atoms with Crippen molar-refractivity contribution < 1.29 is 9.90 Å². The molecule has 1 saturated heterocycles. The van der Waals surface area contributed by atoms with Gasteiger partial charge in [0.25, 0.3) is 0 Å². The molecule has 1 rings (SSSR count). The summed E-state index contributed by atoms with van der Waals surface area (Å²) in [5, 5.41) is 8.80. The van der Waals surface area contributed by atoms with Crippen molar-refractivity contribution in [2.75, 3.05) is 19.7 Å². The van der Waals surface area contributed by atoms with Crippen LogP contribution < -0.4 is 0 Å². The van der Waals surface area contributed by atoms with Crippen molar-refractivity contribution in [1.82, 2.24) is 4.90 Å². The summed E-state index contributed by atoms with van der Waals surface area (Å²) < 4.78 is 0. The van der Waals surface area contributed by atoms with E-state index >= 15 is 0 Å². The molecule has 0 bridgehead atoms. The first-order valence-corrected chi connectivity index (χ1v) is 5.12. The summed E-state index contributed by atoms with van der Waals surface area (Å²) in [7, 11) is 0. The van der Waals surface area contributed by atoms with E-state index in [4.69, 9.17) is 5.11 Å². The fraction of sp³-hybridized carbons (Fsp3) is 0.900. The molecule has 1 N–H and O–H groups in total. The normalized spacial score (nSPS) is 19.5. The Hall–Kier alpha value is -0.570. The summed E-state index contributed by atoms with van der Waals surface area (Å²) in [5.74, 6) is 0.675. The van der Waals surface area contributed by atoms with Gasteiger partial charge in [-0.05, 0) is 25.2 Å². The highest BCUT2D eigenvalue weighted by Crippen LogP contribution is 2.12. The lowest BCUT2D eigenvalue weighted by molar-refractivity contribution is -0.127. The van der Waals surface area contributed by atoms with Gasteiger partial charge in [0, 0.05) is 26.1 Å². The smallest absolute Gasteiger partial charge is 0.222 e. The van der Waals surface area contributed by atoms with Crippen molar-refractivity contribution in [2.24, 2.45) is 5.92 Å². The van der Waals surface area contributed by atoms with E-state index in [9.17, 15) is 4.79 Å². The number of aliphatic hydroxyl groups is 1. The maximum Gasteiger partial charge on any atom is 0.222 e. The predicted octanol–water partition coefficient (Wildman–Crippen LogP) is 1.02. The fourth-order valence-corrected chi connectivity index (χ4v) is 1.66. The number of amides is 1. The van der Waals surface area contributed by atoms with E-state index < -0.39 is 0 Å². The number of hydrogen-bond donors (Lipinski definition) is 1. The van der Waals surface area contributed by atoms with Gasteiger partial charge in [0.05, 0.1) is 0 Å². The molecule has 1 unspecified atom stereocenters. The summed E-state index contributed by atoms with van der Waals surface area (Å²) in [6, 6.07) is 0. The number of aliphatic hydroxyl groups excluding tert-OH is 1. The molecular formula is C10H19NO2. The van der Waals surface area contributed by atoms with Gasteiger partial charge in [-0.15, -0.1) is 0 Å². The molecule has 0 aromatic heterocycles. The molecule has 3 heteroatoms. The summed E-state index contributed by atoms with van der Waals surface area (Å²) in [6.45, 7) is 4.11. The van der Waals surface area contributed by atoms with Crippen LogP contribution in [0.25, 0.3) is 0 Å². The van der Waals surface area contributed by atoms with E-state index in [1.165, 1.54) is 0 Å². The summed E-state index contributed by atoms with van der Waals surface area (Å²) in [5.41, 5.74) is 0. The first kappa shape index (κ1) is 10.5. The standard InChI is InChI=1S/C10H19NO2/c1-9(8-12)4-2-6-11-7-3-5-10(11)13/h9,12H,2-8H2,1H3. The lowest BCUT2D eigenvalue weighted by atomic mass is 10.1. The van der Waals surface area contributed by atoms with Gasteiger partial charge in [0.1, 0.15) is 0 Å². The molecule has 76 valence electrons. The maximum atomic E-state index is 11.2. The van der Waals surface area contributed by atoms with Gasteiger partial charge in [-0.25, -0.2) is 0 Å². The second-order valence-electron chi connectivity index (χ2n) is 3.91. The van der Waals surface area contributed by atoms with Gasteiger partial charge >= 0.3 is 0 Å². The van der Waals surface area contributed by atoms with Crippen LogP contribution in [-0.2, 0) is 4.79 Å². The summed E-state index contributed by atoms with van der Waals surface area (Å²) in [6.07, 6.45) is 3.79. The van der Waals surface area contributed by atoms with Crippen LogP contribution in [0.3, 0.4) is 0 Å². The predicted molar refractivity (Wildman–Crippen MR) is 51.3 cm³/mol. The van der Waals surface area contributed by atoms with Crippen LogP contribution in [0.4, 0.5) is 0 Å². The molecule has 0 aliphatic carbocycles. The molecule has 1 aliphatic rings. The number of carbonyl (C=O) groups is 1. The topological polar surface area (TPSA) is 40.5 Å². The Morgan fingerprint density at radius 1 is 1.62 bits per heavy atom. The number of likely N-dealkylation sites (tertiary alicyclic amines) is 1. The van der Waals surface area contributed by atoms with E-state index in [0.29, 0.717) is 11.8 Å². The largest absolute Gasteiger partial charge is 0.396 e. The Labute approximate surface area is 79.7 Å². The second kappa shape index (κ2) is 5.22. The monoisotopic (exact) mass is 185 g/mol. The molecule has 1 amide bonds. The Morgan fingerprint density at radius 2 is 2.38 bits per heavy atom. The minimum Gasteiger partial charge on any atom is -0.396 e. The highest BCUT2D eigenvalue weighted by atomic mass is 16.3. The van der Waals surface area contributed by atoms with Crippen molar-refractivity contribution >= 4 is 5.91 Å². The van der Waals surface area contributed by atoms with Gasteiger partial charge < -0.3 is 10.0 Å². The number of carbonyl (C=O) groups excluding carboxylic acids is 1. The summed E-state index contributed by atoms with van der Waals surface area (Å²) >= 11 is 0. The van der Waals surface area contributed by atoms with Gasteiger partial charge in [0.15, 0.2) is 0 Å². The highest BCUT2D eigenvalue weighted by Gasteiger charge is 2.19. The van der Waals surface area contributed by atoms with E-state index in [-0.39, 0.29) is 6.61 Å². The molecule has 1 atom stereocenters. The van der Waals surface area contributed by atoms with E-state index in [0.717, 1.165) is 38.8 Å². The Balaban J connectivity index is 2.08. The zero-order valence-corrected chi connectivity index (χ0v) is 8.33. The van der Waals surface area contributed by atoms with Crippen molar-refractivity contribution in [3.63, 3.8) is 0 Å². The molecule has 3 nitrogen and oxygen atoms in total. The average Bonchev–Trinajstić information content (AvgIpc) is 2.52. The summed E-state index contributed by atoms with van der Waals surface area (Å²) in [4.78, 5) is 13.1. The van der Waals surface area contributed by atoms with Gasteiger partial charge in [-0.3, -0.25) is 4.79 Å². The SMILES string of the molecule is CC(CO)CCCN1CCCC1=O. The van der Waals surface area contributed by atoms with Gasteiger partial charge in [-0.1, -0.05) is 6.92 Å². The zero-order chi connectivity index (χ0) is 9.68. The van der Waals surface area contributed by atoms with Crippen molar-refractivity contribution in [1.29, 1.82) is 0 Å². The van der Waals surface area contributed by atoms with E-state index in [1.54, 1.807) is 0 Å². The quantitative estimate of drug-likeness (QED) is 0.694. The van der Waals surface area contributed by atoms with Crippen LogP contribution >= 0.6 is 0 Å². The van der Waals surface area contributed by atoms with Gasteiger partial charge in [0.2, 0.25) is 5.91 Å². The minimum atomic E-state index is 0.258. The molecule has 0 spiro atoms. The first-order valence-electron chi connectivity index (χ1n) is 5.12. The number of nitrogens with zero attached hydrogens (tertiary/aromatic N) is 1. The van der Waals surface area contributed by atoms with Crippen molar-refractivity contribution in [3.05, 3.63) is 0 Å². The van der Waals surface area contributed by atoms with Crippen LogP contribution in [0, 0.1) is 5.92 Å². The second-order valence-corrected chi connectivity index (χ2v) is 3.91. The molecule has 1 fully saturated rings. The lowest BCUT2D eigenvalue weighted by Gasteiger charge is -2.16. The Morgan fingerprint density at radius 3 is 2.92 bits per heavy atom. The molecule has 0 radical (unpaired) electrons. The maximum absolute atomic E-state index is 11.2. The zero-order valence-electron chi connectivity index (χ0n) is 8.33. The van der Waals surface area contributed by atoms with Crippen molar-refractivity contribution in [3.8, 4) is 0 Å². The Bertz CT molecular complexity index is 170. The minimum absolute atomic E-state index is 0.258. The molecule has 0 saturated carbocycles. The third-order valence-electron chi connectivity index (χ3n) is 2.61. The molecule has 0 aromatic rings. The number of hydrogen-bond acceptors (Lipinski definition) is 2. The molecular weight excluding hydrogens is 166 g/mol. The first-order chi connectivity index (χ1) is 6.24. The van der Waals surface area contributed by atoms with Gasteiger partial charge in [-0.2, -0.15) is 0 Å². The molecule has 1 heterocycles. The Kier molecular flexibility index (Phi) is 4.22.